The molecule has 0 aliphatic rings. The van der Waals surface area contributed by atoms with Gasteiger partial charge >= 0.3 is 0 Å². The summed E-state index contributed by atoms with van der Waals surface area (Å²) in [6, 6.07) is 3.51. The Labute approximate surface area is 121 Å². The van der Waals surface area contributed by atoms with Crippen LogP contribution in [-0.4, -0.2) is 21.4 Å². The fourth-order valence-corrected chi connectivity index (χ4v) is 2.48. The molecule has 0 unspecified atom stereocenters. The van der Waals surface area contributed by atoms with Crippen LogP contribution in [-0.2, 0) is 0 Å². The van der Waals surface area contributed by atoms with E-state index in [-0.39, 0.29) is 17.3 Å². The number of anilines is 3. The Morgan fingerprint density at radius 2 is 2.15 bits per heavy atom. The van der Waals surface area contributed by atoms with Gasteiger partial charge in [-0.3, -0.25) is 9.78 Å². The van der Waals surface area contributed by atoms with Crippen molar-refractivity contribution in [2.24, 2.45) is 0 Å². The van der Waals surface area contributed by atoms with Gasteiger partial charge in [-0.25, -0.2) is 4.98 Å². The van der Waals surface area contributed by atoms with E-state index in [1.54, 1.807) is 24.5 Å². The maximum atomic E-state index is 12.1. The van der Waals surface area contributed by atoms with Gasteiger partial charge < -0.3 is 16.4 Å². The van der Waals surface area contributed by atoms with Gasteiger partial charge in [0.25, 0.3) is 5.91 Å². The van der Waals surface area contributed by atoms with Crippen molar-refractivity contribution in [3.63, 3.8) is 0 Å². The molecule has 0 aliphatic carbocycles. The lowest BCUT2D eigenvalue weighted by atomic mass is 10.1. The molecule has 0 fully saturated rings. The number of nitrogens with one attached hydrogen (secondary N) is 2. The van der Waals surface area contributed by atoms with Gasteiger partial charge in [0.15, 0.2) is 5.13 Å². The van der Waals surface area contributed by atoms with Crippen LogP contribution < -0.4 is 16.4 Å². The Balaban J connectivity index is 2.14. The summed E-state index contributed by atoms with van der Waals surface area (Å²) in [6.07, 6.45) is 3.21. The molecule has 0 saturated heterocycles. The van der Waals surface area contributed by atoms with Crippen LogP contribution in [0.3, 0.4) is 0 Å². The molecule has 7 heteroatoms. The van der Waals surface area contributed by atoms with Crippen molar-refractivity contribution in [1.82, 2.24) is 9.97 Å². The first-order chi connectivity index (χ1) is 9.35. The minimum Gasteiger partial charge on any atom is -0.382 e. The van der Waals surface area contributed by atoms with E-state index in [0.29, 0.717) is 15.7 Å². The van der Waals surface area contributed by atoms with Crippen LogP contribution in [0.5, 0.6) is 0 Å². The zero-order chi connectivity index (χ0) is 14.8. The highest BCUT2D eigenvalue weighted by molar-refractivity contribution is 7.18. The number of carbonyl (C=O) groups excluding carboxylic acids is 1. The molecule has 0 bridgehead atoms. The third-order valence-corrected chi connectivity index (χ3v) is 3.25. The third-order valence-electron chi connectivity index (χ3n) is 2.26. The molecule has 6 nitrogen and oxygen atoms in total. The van der Waals surface area contributed by atoms with Gasteiger partial charge in [-0.05, 0) is 32.9 Å². The molecule has 0 spiro atoms. The summed E-state index contributed by atoms with van der Waals surface area (Å²) in [5.74, 6) is -0.0573. The van der Waals surface area contributed by atoms with Crippen molar-refractivity contribution in [3.8, 4) is 0 Å². The van der Waals surface area contributed by atoms with Crippen molar-refractivity contribution >= 4 is 33.9 Å². The number of hydrogen-bond acceptors (Lipinski definition) is 6. The molecular formula is C13H17N5OS. The molecule has 106 valence electrons. The maximum Gasteiger partial charge on any atom is 0.269 e. The Morgan fingerprint density at radius 3 is 2.75 bits per heavy atom. The van der Waals surface area contributed by atoms with E-state index in [9.17, 15) is 4.79 Å². The molecule has 0 saturated carbocycles. The fourth-order valence-electron chi connectivity index (χ4n) is 1.49. The molecular weight excluding hydrogens is 274 g/mol. The Kier molecular flexibility index (Phi) is 3.89. The monoisotopic (exact) mass is 291 g/mol. The molecule has 2 aromatic heterocycles. The molecule has 1 amide bonds. The number of hydrogen-bond donors (Lipinski definition) is 3. The van der Waals surface area contributed by atoms with Crippen LogP contribution in [0, 0.1) is 0 Å². The fraction of sp³-hybridized carbons (Fsp3) is 0.308. The molecule has 0 atom stereocenters. The summed E-state index contributed by atoms with van der Waals surface area (Å²) in [5.41, 5.74) is 6.28. The molecule has 0 radical (unpaired) electrons. The summed E-state index contributed by atoms with van der Waals surface area (Å²) in [4.78, 5) is 20.6. The molecule has 2 rings (SSSR count). The van der Waals surface area contributed by atoms with Gasteiger partial charge in [-0.2, -0.15) is 0 Å². The van der Waals surface area contributed by atoms with Gasteiger partial charge in [-0.1, -0.05) is 11.3 Å². The van der Waals surface area contributed by atoms with E-state index < -0.39 is 0 Å². The van der Waals surface area contributed by atoms with Crippen LogP contribution >= 0.6 is 11.3 Å². The van der Waals surface area contributed by atoms with Crippen molar-refractivity contribution in [1.29, 1.82) is 0 Å². The molecule has 0 aromatic carbocycles. The molecule has 20 heavy (non-hydrogen) atoms. The minimum absolute atomic E-state index is 0.138. The summed E-state index contributed by atoms with van der Waals surface area (Å²) >= 11 is 1.23. The first-order valence-electron chi connectivity index (χ1n) is 6.11. The van der Waals surface area contributed by atoms with Crippen molar-refractivity contribution < 1.29 is 4.79 Å². The van der Waals surface area contributed by atoms with E-state index in [1.807, 2.05) is 20.8 Å². The van der Waals surface area contributed by atoms with Crippen molar-refractivity contribution in [3.05, 3.63) is 29.4 Å². The van der Waals surface area contributed by atoms with Gasteiger partial charge in [-0.15, -0.1) is 0 Å². The van der Waals surface area contributed by atoms with Gasteiger partial charge in [0.05, 0.1) is 11.9 Å². The number of thiazole rings is 1. The largest absolute Gasteiger partial charge is 0.382 e. The number of nitrogens with two attached hydrogens (primary N) is 1. The summed E-state index contributed by atoms with van der Waals surface area (Å²) in [6.45, 7) is 6.04. The smallest absolute Gasteiger partial charge is 0.269 e. The number of aromatic nitrogens is 2. The summed E-state index contributed by atoms with van der Waals surface area (Å²) < 4.78 is 0. The normalized spacial score (nSPS) is 11.2. The topological polar surface area (TPSA) is 92.9 Å². The minimum atomic E-state index is -0.282. The predicted octanol–water partition coefficient (Wildman–Crippen LogP) is 2.58. The van der Waals surface area contributed by atoms with E-state index in [4.69, 9.17) is 5.73 Å². The zero-order valence-electron chi connectivity index (χ0n) is 11.6. The lowest BCUT2D eigenvalue weighted by Crippen LogP contribution is -2.25. The Hall–Kier alpha value is -2.15. The quantitative estimate of drug-likeness (QED) is 0.808. The van der Waals surface area contributed by atoms with E-state index in [0.717, 1.165) is 0 Å². The molecule has 2 aromatic rings. The standard InChI is InChI=1S/C13H17N5OS/c1-13(2,3)18-12-17-10(14)9(20-12)11(19)16-8-5-4-6-15-7-8/h4-7H,14H2,1-3H3,(H,16,19)(H,17,18). The number of amides is 1. The summed E-state index contributed by atoms with van der Waals surface area (Å²) in [5, 5.41) is 6.56. The van der Waals surface area contributed by atoms with Gasteiger partial charge in [0.2, 0.25) is 0 Å². The average Bonchev–Trinajstić information content (AvgIpc) is 2.69. The van der Waals surface area contributed by atoms with E-state index >= 15 is 0 Å². The maximum absolute atomic E-state index is 12.1. The van der Waals surface area contributed by atoms with E-state index in [2.05, 4.69) is 20.6 Å². The molecule has 0 aliphatic heterocycles. The number of rotatable bonds is 3. The second-order valence-electron chi connectivity index (χ2n) is 5.30. The highest BCUT2D eigenvalue weighted by Gasteiger charge is 2.19. The highest BCUT2D eigenvalue weighted by atomic mass is 32.1. The van der Waals surface area contributed by atoms with Crippen LogP contribution in [0.15, 0.2) is 24.5 Å². The number of pyridine rings is 1. The van der Waals surface area contributed by atoms with Gasteiger partial charge in [0, 0.05) is 11.7 Å². The number of nitrogens with zero attached hydrogens (tertiary/aromatic N) is 2. The molecule has 2 heterocycles. The van der Waals surface area contributed by atoms with Gasteiger partial charge in [0.1, 0.15) is 10.7 Å². The Morgan fingerprint density at radius 1 is 1.40 bits per heavy atom. The average molecular weight is 291 g/mol. The van der Waals surface area contributed by atoms with Crippen LogP contribution in [0.25, 0.3) is 0 Å². The van der Waals surface area contributed by atoms with Crippen LogP contribution in [0.2, 0.25) is 0 Å². The third kappa shape index (κ3) is 3.67. The van der Waals surface area contributed by atoms with Crippen LogP contribution in [0.1, 0.15) is 30.4 Å². The SMILES string of the molecule is CC(C)(C)Nc1nc(N)c(C(=O)Nc2cccnc2)s1. The van der Waals surface area contributed by atoms with E-state index in [1.165, 1.54) is 11.3 Å². The second kappa shape index (κ2) is 5.46. The predicted molar refractivity (Wildman–Crippen MR) is 82.1 cm³/mol. The lowest BCUT2D eigenvalue weighted by molar-refractivity contribution is 0.103. The number of carbonyl (C=O) groups is 1. The zero-order valence-corrected chi connectivity index (χ0v) is 12.4. The highest BCUT2D eigenvalue weighted by Crippen LogP contribution is 2.27. The molecule has 4 N–H and O–H groups in total. The first-order valence-corrected chi connectivity index (χ1v) is 6.93. The Bertz CT molecular complexity index is 603. The lowest BCUT2D eigenvalue weighted by Gasteiger charge is -2.19. The van der Waals surface area contributed by atoms with Crippen LogP contribution in [0.4, 0.5) is 16.6 Å². The summed E-state index contributed by atoms with van der Waals surface area (Å²) in [7, 11) is 0. The first kappa shape index (κ1) is 14.3. The van der Waals surface area contributed by atoms with Crippen molar-refractivity contribution in [2.75, 3.05) is 16.4 Å². The second-order valence-corrected chi connectivity index (χ2v) is 6.30. The van der Waals surface area contributed by atoms with Crippen molar-refractivity contribution in [2.45, 2.75) is 26.3 Å². The number of nitrogen functional groups attached to an aromatic ring is 1.